The summed E-state index contributed by atoms with van der Waals surface area (Å²) in [6, 6.07) is 6.25. The molecule has 0 aliphatic rings. The molecule has 0 fully saturated rings. The number of aryl methyl sites for hydroxylation is 2. The minimum Gasteiger partial charge on any atom is -0.497 e. The number of hydrogen-bond donors (Lipinski definition) is 1. The second-order valence-electron chi connectivity index (χ2n) is 4.40. The van der Waals surface area contributed by atoms with E-state index < -0.39 is 0 Å². The largest absolute Gasteiger partial charge is 0.497 e. The molecule has 0 aliphatic carbocycles. The lowest BCUT2D eigenvalue weighted by Gasteiger charge is -2.02. The minimum absolute atomic E-state index is 0.736. The highest BCUT2D eigenvalue weighted by atomic mass is 16.5. The Hall–Kier alpha value is -1.48. The summed E-state index contributed by atoms with van der Waals surface area (Å²) >= 11 is 0. The summed E-state index contributed by atoms with van der Waals surface area (Å²) < 4.78 is 7.53. The van der Waals surface area contributed by atoms with Crippen LogP contribution in [-0.4, -0.2) is 18.2 Å². The SMILES string of the molecule is COc1ccc2c(c1)c(CCCN)c(C)n2C. The highest BCUT2D eigenvalue weighted by Crippen LogP contribution is 2.29. The van der Waals surface area contributed by atoms with Gasteiger partial charge >= 0.3 is 0 Å². The highest BCUT2D eigenvalue weighted by Gasteiger charge is 2.11. The first-order valence-electron chi connectivity index (χ1n) is 6.01. The molecule has 1 aromatic carbocycles. The van der Waals surface area contributed by atoms with Crippen LogP contribution in [0.15, 0.2) is 18.2 Å². The zero-order valence-corrected chi connectivity index (χ0v) is 10.8. The van der Waals surface area contributed by atoms with Gasteiger partial charge in [0.05, 0.1) is 7.11 Å². The first-order chi connectivity index (χ1) is 8.19. The predicted octanol–water partition coefficient (Wildman–Crippen LogP) is 2.39. The zero-order chi connectivity index (χ0) is 12.4. The summed E-state index contributed by atoms with van der Waals surface area (Å²) in [5, 5.41) is 1.29. The Morgan fingerprint density at radius 2 is 2.12 bits per heavy atom. The van der Waals surface area contributed by atoms with Crippen molar-refractivity contribution in [3.8, 4) is 5.75 Å². The van der Waals surface area contributed by atoms with Crippen molar-refractivity contribution in [3.05, 3.63) is 29.5 Å². The molecule has 2 N–H and O–H groups in total. The van der Waals surface area contributed by atoms with Gasteiger partial charge in [-0.15, -0.1) is 0 Å². The van der Waals surface area contributed by atoms with Gasteiger partial charge in [0, 0.05) is 23.6 Å². The fourth-order valence-corrected chi connectivity index (χ4v) is 2.35. The fourth-order valence-electron chi connectivity index (χ4n) is 2.35. The van der Waals surface area contributed by atoms with Crippen LogP contribution in [0.1, 0.15) is 17.7 Å². The zero-order valence-electron chi connectivity index (χ0n) is 10.8. The lowest BCUT2D eigenvalue weighted by molar-refractivity contribution is 0.415. The van der Waals surface area contributed by atoms with Gasteiger partial charge in [-0.25, -0.2) is 0 Å². The first-order valence-corrected chi connectivity index (χ1v) is 6.01. The van der Waals surface area contributed by atoms with Crippen molar-refractivity contribution >= 4 is 10.9 Å². The van der Waals surface area contributed by atoms with Gasteiger partial charge in [0.15, 0.2) is 0 Å². The van der Waals surface area contributed by atoms with Gasteiger partial charge < -0.3 is 15.0 Å². The van der Waals surface area contributed by atoms with Crippen LogP contribution in [0.2, 0.25) is 0 Å². The summed E-state index contributed by atoms with van der Waals surface area (Å²) in [5.41, 5.74) is 9.58. The van der Waals surface area contributed by atoms with E-state index in [-0.39, 0.29) is 0 Å². The van der Waals surface area contributed by atoms with Crippen molar-refractivity contribution in [2.75, 3.05) is 13.7 Å². The van der Waals surface area contributed by atoms with Gasteiger partial charge in [0.25, 0.3) is 0 Å². The second kappa shape index (κ2) is 4.80. The van der Waals surface area contributed by atoms with Crippen LogP contribution >= 0.6 is 0 Å². The van der Waals surface area contributed by atoms with Crippen molar-refractivity contribution in [2.24, 2.45) is 12.8 Å². The molecule has 92 valence electrons. The maximum atomic E-state index is 5.60. The third kappa shape index (κ3) is 2.03. The van der Waals surface area contributed by atoms with Gasteiger partial charge in [0.1, 0.15) is 5.75 Å². The molecule has 0 atom stereocenters. The van der Waals surface area contributed by atoms with Crippen LogP contribution in [-0.2, 0) is 13.5 Å². The van der Waals surface area contributed by atoms with Crippen molar-refractivity contribution in [1.82, 2.24) is 4.57 Å². The number of aromatic nitrogens is 1. The van der Waals surface area contributed by atoms with Gasteiger partial charge in [0.2, 0.25) is 0 Å². The smallest absolute Gasteiger partial charge is 0.119 e. The van der Waals surface area contributed by atoms with Crippen molar-refractivity contribution in [3.63, 3.8) is 0 Å². The molecular formula is C14H20N2O. The van der Waals surface area contributed by atoms with Crippen molar-refractivity contribution in [1.29, 1.82) is 0 Å². The molecule has 0 spiro atoms. The standard InChI is InChI=1S/C14H20N2O/c1-10-12(5-4-8-15)13-9-11(17-3)6-7-14(13)16(10)2/h6-7,9H,4-5,8,15H2,1-3H3. The van der Waals surface area contributed by atoms with E-state index in [1.54, 1.807) is 7.11 Å². The molecule has 3 nitrogen and oxygen atoms in total. The third-order valence-corrected chi connectivity index (χ3v) is 3.46. The van der Waals surface area contributed by atoms with Gasteiger partial charge in [-0.2, -0.15) is 0 Å². The number of nitrogens with zero attached hydrogens (tertiary/aromatic N) is 1. The molecule has 0 radical (unpaired) electrons. The Morgan fingerprint density at radius 3 is 2.76 bits per heavy atom. The van der Waals surface area contributed by atoms with E-state index in [1.807, 2.05) is 6.07 Å². The van der Waals surface area contributed by atoms with E-state index in [1.165, 1.54) is 22.2 Å². The molecule has 2 rings (SSSR count). The Labute approximate surface area is 102 Å². The van der Waals surface area contributed by atoms with E-state index in [4.69, 9.17) is 10.5 Å². The number of benzene rings is 1. The van der Waals surface area contributed by atoms with E-state index in [2.05, 4.69) is 30.7 Å². The summed E-state index contributed by atoms with van der Waals surface area (Å²) in [6.07, 6.45) is 2.06. The average Bonchev–Trinajstić information content (AvgIpc) is 2.59. The molecule has 0 saturated carbocycles. The summed E-state index contributed by atoms with van der Waals surface area (Å²) in [5.74, 6) is 0.914. The molecule has 0 aliphatic heterocycles. The average molecular weight is 232 g/mol. The number of ether oxygens (including phenoxy) is 1. The molecule has 0 unspecified atom stereocenters. The summed E-state index contributed by atoms with van der Waals surface area (Å²) in [4.78, 5) is 0. The fraction of sp³-hybridized carbons (Fsp3) is 0.429. The van der Waals surface area contributed by atoms with Crippen molar-refractivity contribution in [2.45, 2.75) is 19.8 Å². The van der Waals surface area contributed by atoms with Crippen LogP contribution in [0, 0.1) is 6.92 Å². The Morgan fingerprint density at radius 1 is 1.35 bits per heavy atom. The second-order valence-corrected chi connectivity index (χ2v) is 4.40. The van der Waals surface area contributed by atoms with Crippen LogP contribution in [0.25, 0.3) is 10.9 Å². The highest BCUT2D eigenvalue weighted by molar-refractivity contribution is 5.86. The number of methoxy groups -OCH3 is 1. The van der Waals surface area contributed by atoms with Crippen LogP contribution < -0.4 is 10.5 Å². The molecule has 0 saturated heterocycles. The summed E-state index contributed by atoms with van der Waals surface area (Å²) in [6.45, 7) is 2.90. The van der Waals surface area contributed by atoms with E-state index in [9.17, 15) is 0 Å². The quantitative estimate of drug-likeness (QED) is 0.879. The van der Waals surface area contributed by atoms with E-state index in [0.29, 0.717) is 0 Å². The normalized spacial score (nSPS) is 11.1. The van der Waals surface area contributed by atoms with Gasteiger partial charge in [-0.05, 0) is 50.1 Å². The lowest BCUT2D eigenvalue weighted by atomic mass is 10.1. The number of nitrogens with two attached hydrogens (primary N) is 1. The molecule has 17 heavy (non-hydrogen) atoms. The van der Waals surface area contributed by atoms with Gasteiger partial charge in [-0.1, -0.05) is 0 Å². The lowest BCUT2D eigenvalue weighted by Crippen LogP contribution is -2.01. The van der Waals surface area contributed by atoms with Crippen molar-refractivity contribution < 1.29 is 4.74 Å². The molecule has 0 amide bonds. The maximum absolute atomic E-state index is 5.60. The number of fused-ring (bicyclic) bond motifs is 1. The minimum atomic E-state index is 0.736. The Kier molecular flexibility index (Phi) is 3.38. The molecular weight excluding hydrogens is 212 g/mol. The van der Waals surface area contributed by atoms with Crippen LogP contribution in [0.4, 0.5) is 0 Å². The maximum Gasteiger partial charge on any atom is 0.119 e. The molecule has 1 aromatic heterocycles. The van der Waals surface area contributed by atoms with Crippen LogP contribution in [0.5, 0.6) is 5.75 Å². The summed E-state index contributed by atoms with van der Waals surface area (Å²) in [7, 11) is 3.81. The predicted molar refractivity (Wildman–Crippen MR) is 71.6 cm³/mol. The third-order valence-electron chi connectivity index (χ3n) is 3.46. The van der Waals surface area contributed by atoms with E-state index >= 15 is 0 Å². The molecule has 2 aromatic rings. The number of rotatable bonds is 4. The molecule has 1 heterocycles. The van der Waals surface area contributed by atoms with E-state index in [0.717, 1.165) is 25.1 Å². The Balaban J connectivity index is 2.58. The first kappa shape index (κ1) is 12.0. The Bertz CT molecular complexity index is 528. The molecule has 3 heteroatoms. The van der Waals surface area contributed by atoms with Crippen LogP contribution in [0.3, 0.4) is 0 Å². The molecule has 0 bridgehead atoms. The number of hydrogen-bond acceptors (Lipinski definition) is 2. The topological polar surface area (TPSA) is 40.2 Å². The monoisotopic (exact) mass is 232 g/mol. The van der Waals surface area contributed by atoms with Gasteiger partial charge in [-0.3, -0.25) is 0 Å².